The number of amides is 1. The standard InChI is InChI=1S/C35H51N2O2S/c1-4-5-6-7-8-9-10-11-12-13-14-15-24-39-35-21-17-18-32(26-35)22-23-37(31(3)38)34-20-16-19-33(25-34)28-36-27-30(2)40-29-36/h16-21,25-27,29H,4-15,22-24,28H2,1-3H3/q+1. The van der Waals surface area contributed by atoms with Crippen LogP contribution < -0.4 is 14.2 Å². The molecule has 0 unspecified atom stereocenters. The molecule has 2 aromatic carbocycles. The van der Waals surface area contributed by atoms with Crippen LogP contribution in [0.15, 0.2) is 60.2 Å². The summed E-state index contributed by atoms with van der Waals surface area (Å²) in [7, 11) is 0. The number of carbonyl (C=O) groups is 1. The van der Waals surface area contributed by atoms with Crippen LogP contribution in [0.25, 0.3) is 0 Å². The van der Waals surface area contributed by atoms with Crippen molar-refractivity contribution in [1.29, 1.82) is 0 Å². The highest BCUT2D eigenvalue weighted by Crippen LogP contribution is 2.20. The lowest BCUT2D eigenvalue weighted by molar-refractivity contribution is -0.683. The molecule has 0 saturated carbocycles. The van der Waals surface area contributed by atoms with E-state index in [9.17, 15) is 4.79 Å². The Balaban J connectivity index is 1.36. The summed E-state index contributed by atoms with van der Waals surface area (Å²) in [5.41, 5.74) is 5.48. The number of ether oxygens (including phenoxy) is 1. The minimum absolute atomic E-state index is 0.0653. The molecule has 3 aromatic rings. The van der Waals surface area contributed by atoms with Crippen molar-refractivity contribution in [2.45, 2.75) is 111 Å². The van der Waals surface area contributed by atoms with Crippen molar-refractivity contribution in [3.63, 3.8) is 0 Å². The number of hydrogen-bond donors (Lipinski definition) is 0. The van der Waals surface area contributed by atoms with E-state index in [1.54, 1.807) is 18.3 Å². The fourth-order valence-electron chi connectivity index (χ4n) is 5.19. The number of aryl methyl sites for hydroxylation is 1. The minimum atomic E-state index is 0.0653. The third-order valence-corrected chi connectivity index (χ3v) is 8.33. The Labute approximate surface area is 247 Å². The van der Waals surface area contributed by atoms with Gasteiger partial charge in [0.05, 0.1) is 11.5 Å². The second-order valence-electron chi connectivity index (χ2n) is 11.1. The van der Waals surface area contributed by atoms with E-state index in [2.05, 4.69) is 60.5 Å². The minimum Gasteiger partial charge on any atom is -0.494 e. The Morgan fingerprint density at radius 2 is 1.50 bits per heavy atom. The lowest BCUT2D eigenvalue weighted by atomic mass is 10.1. The lowest BCUT2D eigenvalue weighted by Crippen LogP contribution is -2.32. The first-order valence-electron chi connectivity index (χ1n) is 15.6. The number of carbonyl (C=O) groups excluding carboxylic acids is 1. The van der Waals surface area contributed by atoms with Gasteiger partial charge in [-0.1, -0.05) is 113 Å². The van der Waals surface area contributed by atoms with Gasteiger partial charge in [-0.05, 0) is 49.6 Å². The molecule has 4 nitrogen and oxygen atoms in total. The first-order chi connectivity index (χ1) is 19.5. The number of nitrogens with zero attached hydrogens (tertiary/aromatic N) is 2. The number of rotatable bonds is 20. The van der Waals surface area contributed by atoms with Crippen molar-refractivity contribution >= 4 is 22.9 Å². The Bertz CT molecular complexity index is 1130. The Kier molecular flexibility index (Phi) is 14.9. The first-order valence-corrected chi connectivity index (χ1v) is 16.5. The smallest absolute Gasteiger partial charge is 0.225 e. The Hall–Kier alpha value is -2.66. The van der Waals surface area contributed by atoms with E-state index >= 15 is 0 Å². The van der Waals surface area contributed by atoms with Crippen molar-refractivity contribution in [3.8, 4) is 5.75 Å². The fraction of sp³-hybridized carbons (Fsp3) is 0.543. The SMILES string of the molecule is CCCCCCCCCCCCCCOc1cccc(CCN(C(C)=O)c2cccc(C[n+]3csc(C)c3)c2)c1. The molecule has 1 amide bonds. The van der Waals surface area contributed by atoms with Crippen LogP contribution >= 0.6 is 11.3 Å². The van der Waals surface area contributed by atoms with Gasteiger partial charge in [0.1, 0.15) is 5.75 Å². The molecule has 0 aliphatic carbocycles. The molecule has 1 heterocycles. The third kappa shape index (κ3) is 12.2. The summed E-state index contributed by atoms with van der Waals surface area (Å²) in [4.78, 5) is 15.7. The van der Waals surface area contributed by atoms with Crippen molar-refractivity contribution < 1.29 is 14.1 Å². The van der Waals surface area contributed by atoms with E-state index in [4.69, 9.17) is 4.74 Å². The quantitative estimate of drug-likeness (QED) is 0.101. The topological polar surface area (TPSA) is 33.4 Å². The highest BCUT2D eigenvalue weighted by Gasteiger charge is 2.14. The molecule has 0 fully saturated rings. The number of unbranched alkanes of at least 4 members (excludes halogenated alkanes) is 11. The average molecular weight is 564 g/mol. The zero-order valence-electron chi connectivity index (χ0n) is 25.2. The predicted octanol–water partition coefficient (Wildman–Crippen LogP) is 9.07. The summed E-state index contributed by atoms with van der Waals surface area (Å²) in [6.07, 6.45) is 19.1. The highest BCUT2D eigenvalue weighted by molar-refractivity contribution is 7.09. The maximum Gasteiger partial charge on any atom is 0.225 e. The molecule has 0 atom stereocenters. The van der Waals surface area contributed by atoms with Crippen molar-refractivity contribution in [2.75, 3.05) is 18.1 Å². The molecule has 0 bridgehead atoms. The molecule has 40 heavy (non-hydrogen) atoms. The van der Waals surface area contributed by atoms with E-state index in [0.29, 0.717) is 6.54 Å². The Morgan fingerprint density at radius 3 is 2.15 bits per heavy atom. The van der Waals surface area contributed by atoms with Crippen LogP contribution in [0.3, 0.4) is 0 Å². The zero-order chi connectivity index (χ0) is 28.4. The molecule has 0 spiro atoms. The van der Waals surface area contributed by atoms with E-state index in [-0.39, 0.29) is 5.91 Å². The molecule has 1 aromatic heterocycles. The van der Waals surface area contributed by atoms with Gasteiger partial charge in [-0.3, -0.25) is 4.79 Å². The van der Waals surface area contributed by atoms with Gasteiger partial charge in [-0.15, -0.1) is 0 Å². The van der Waals surface area contributed by atoms with E-state index in [1.807, 2.05) is 23.1 Å². The van der Waals surface area contributed by atoms with E-state index < -0.39 is 0 Å². The van der Waals surface area contributed by atoms with Crippen LogP contribution in [0.4, 0.5) is 5.69 Å². The van der Waals surface area contributed by atoms with Crippen LogP contribution in [0, 0.1) is 6.92 Å². The van der Waals surface area contributed by atoms with Crippen LogP contribution in [0.5, 0.6) is 5.75 Å². The van der Waals surface area contributed by atoms with E-state index in [0.717, 1.165) is 37.4 Å². The molecule has 5 heteroatoms. The summed E-state index contributed by atoms with van der Waals surface area (Å²) in [5, 5.41) is 0. The van der Waals surface area contributed by atoms with Crippen LogP contribution in [-0.2, 0) is 17.8 Å². The van der Waals surface area contributed by atoms with Crippen LogP contribution in [-0.4, -0.2) is 19.1 Å². The number of benzene rings is 2. The second-order valence-corrected chi connectivity index (χ2v) is 12.2. The van der Waals surface area contributed by atoms with Gasteiger partial charge in [-0.2, -0.15) is 4.57 Å². The maximum atomic E-state index is 12.6. The van der Waals surface area contributed by atoms with Gasteiger partial charge in [0.15, 0.2) is 12.7 Å². The summed E-state index contributed by atoms with van der Waals surface area (Å²) in [5.74, 6) is 0.996. The Morgan fingerprint density at radius 1 is 0.850 bits per heavy atom. The summed E-state index contributed by atoms with van der Waals surface area (Å²) in [6.45, 7) is 8.28. The summed E-state index contributed by atoms with van der Waals surface area (Å²) in [6, 6.07) is 16.7. The second kappa shape index (κ2) is 18.6. The number of thiazole rings is 1. The fourth-order valence-corrected chi connectivity index (χ4v) is 5.83. The van der Waals surface area contributed by atoms with Gasteiger partial charge in [0.25, 0.3) is 0 Å². The molecular weight excluding hydrogens is 512 g/mol. The molecule has 0 N–H and O–H groups in total. The first kappa shape index (κ1) is 31.9. The van der Waals surface area contributed by atoms with Crippen LogP contribution in [0.1, 0.15) is 107 Å². The van der Waals surface area contributed by atoms with Crippen molar-refractivity contribution in [1.82, 2.24) is 0 Å². The molecular formula is C35H51N2O2S+. The predicted molar refractivity (Wildman–Crippen MR) is 170 cm³/mol. The molecule has 0 radical (unpaired) electrons. The van der Waals surface area contributed by atoms with E-state index in [1.165, 1.54) is 86.6 Å². The van der Waals surface area contributed by atoms with Crippen molar-refractivity contribution in [3.05, 3.63) is 76.2 Å². The summed E-state index contributed by atoms with van der Waals surface area (Å²) < 4.78 is 8.26. The van der Waals surface area contributed by atoms with Gasteiger partial charge in [-0.25, -0.2) is 0 Å². The van der Waals surface area contributed by atoms with Crippen LogP contribution in [0.2, 0.25) is 0 Å². The maximum absolute atomic E-state index is 12.6. The van der Waals surface area contributed by atoms with Gasteiger partial charge >= 0.3 is 0 Å². The monoisotopic (exact) mass is 563 g/mol. The van der Waals surface area contributed by atoms with Gasteiger partial charge in [0.2, 0.25) is 11.4 Å². The summed E-state index contributed by atoms with van der Waals surface area (Å²) >= 11 is 1.75. The molecule has 3 rings (SSSR count). The van der Waals surface area contributed by atoms with Gasteiger partial charge < -0.3 is 9.64 Å². The van der Waals surface area contributed by atoms with Gasteiger partial charge in [0, 0.05) is 24.7 Å². The molecule has 0 aliphatic heterocycles. The lowest BCUT2D eigenvalue weighted by Gasteiger charge is -2.22. The van der Waals surface area contributed by atoms with Crippen molar-refractivity contribution in [2.24, 2.45) is 0 Å². The zero-order valence-corrected chi connectivity index (χ0v) is 26.0. The third-order valence-electron chi connectivity index (χ3n) is 7.48. The number of hydrogen-bond acceptors (Lipinski definition) is 3. The normalized spacial score (nSPS) is 11.1. The average Bonchev–Trinajstić information content (AvgIpc) is 3.36. The molecule has 0 saturated heterocycles. The largest absolute Gasteiger partial charge is 0.494 e. The molecule has 0 aliphatic rings. The molecule has 218 valence electrons. The number of aromatic nitrogens is 1. The number of anilines is 1. The highest BCUT2D eigenvalue weighted by atomic mass is 32.1.